The Kier molecular flexibility index (Phi) is 2.88. The topological polar surface area (TPSA) is 75.8 Å². The zero-order valence-electron chi connectivity index (χ0n) is 7.06. The predicted octanol–water partition coefficient (Wildman–Crippen LogP) is -0.506. The van der Waals surface area contributed by atoms with Gasteiger partial charge in [0.25, 0.3) is 0 Å². The molecule has 1 aliphatic rings. The van der Waals surface area contributed by atoms with Crippen LogP contribution in [0.4, 0.5) is 4.79 Å². The number of hydrogen-bond donors (Lipinski definition) is 2. The lowest BCUT2D eigenvalue weighted by Gasteiger charge is -2.31. The average Bonchev–Trinajstić information content (AvgIpc) is 1.82. The maximum Gasteiger partial charge on any atom is 0.411 e. The SMILES string of the molecule is CC(O)C(N)OC(=O)N1CCC1. The zero-order chi connectivity index (χ0) is 9.14. The molecule has 0 aliphatic carbocycles. The van der Waals surface area contributed by atoms with Crippen molar-refractivity contribution in [1.29, 1.82) is 0 Å². The summed E-state index contributed by atoms with van der Waals surface area (Å²) >= 11 is 0. The second-order valence-electron chi connectivity index (χ2n) is 2.93. The van der Waals surface area contributed by atoms with Gasteiger partial charge in [-0.25, -0.2) is 4.79 Å². The van der Waals surface area contributed by atoms with E-state index in [9.17, 15) is 4.79 Å². The number of nitrogens with zero attached hydrogens (tertiary/aromatic N) is 1. The molecule has 0 aromatic carbocycles. The number of amides is 1. The van der Waals surface area contributed by atoms with Crippen LogP contribution in [0.25, 0.3) is 0 Å². The molecule has 1 fully saturated rings. The first-order valence-corrected chi connectivity index (χ1v) is 4.00. The fraction of sp³-hybridized carbons (Fsp3) is 0.857. The van der Waals surface area contributed by atoms with Gasteiger partial charge in [-0.15, -0.1) is 0 Å². The number of hydrogen-bond acceptors (Lipinski definition) is 4. The van der Waals surface area contributed by atoms with Crippen LogP contribution >= 0.6 is 0 Å². The summed E-state index contributed by atoms with van der Waals surface area (Å²) in [6, 6.07) is 0. The molecular formula is C7H14N2O3. The molecule has 0 radical (unpaired) electrons. The number of aliphatic hydroxyl groups is 1. The van der Waals surface area contributed by atoms with Crippen LogP contribution < -0.4 is 5.73 Å². The van der Waals surface area contributed by atoms with Crippen molar-refractivity contribution < 1.29 is 14.6 Å². The summed E-state index contributed by atoms with van der Waals surface area (Å²) in [4.78, 5) is 12.6. The van der Waals surface area contributed by atoms with Crippen LogP contribution in [0.1, 0.15) is 13.3 Å². The Morgan fingerprint density at radius 1 is 1.67 bits per heavy atom. The summed E-state index contributed by atoms with van der Waals surface area (Å²) in [5.74, 6) is 0. The van der Waals surface area contributed by atoms with Gasteiger partial charge in [-0.3, -0.25) is 5.73 Å². The minimum absolute atomic E-state index is 0.436. The van der Waals surface area contributed by atoms with E-state index in [4.69, 9.17) is 15.6 Å². The van der Waals surface area contributed by atoms with Crippen LogP contribution in [0.2, 0.25) is 0 Å². The van der Waals surface area contributed by atoms with Crippen LogP contribution in [0.15, 0.2) is 0 Å². The average molecular weight is 174 g/mol. The summed E-state index contributed by atoms with van der Waals surface area (Å²) in [6.07, 6.45) is -1.16. The predicted molar refractivity (Wildman–Crippen MR) is 42.3 cm³/mol. The van der Waals surface area contributed by atoms with E-state index >= 15 is 0 Å². The Hall–Kier alpha value is -0.810. The Morgan fingerprint density at radius 2 is 2.25 bits per heavy atom. The number of nitrogens with two attached hydrogens (primary N) is 1. The third-order valence-corrected chi connectivity index (χ3v) is 1.83. The third kappa shape index (κ3) is 2.09. The molecule has 1 aliphatic heterocycles. The van der Waals surface area contributed by atoms with E-state index in [0.29, 0.717) is 0 Å². The van der Waals surface area contributed by atoms with E-state index in [1.54, 1.807) is 4.90 Å². The van der Waals surface area contributed by atoms with Gasteiger partial charge in [0, 0.05) is 13.1 Å². The number of likely N-dealkylation sites (tertiary alicyclic amines) is 1. The molecule has 0 spiro atoms. The fourth-order valence-electron chi connectivity index (χ4n) is 0.788. The summed E-state index contributed by atoms with van der Waals surface area (Å²) in [5.41, 5.74) is 5.31. The highest BCUT2D eigenvalue weighted by molar-refractivity contribution is 5.68. The molecule has 12 heavy (non-hydrogen) atoms. The highest BCUT2D eigenvalue weighted by atomic mass is 16.6. The first kappa shape index (κ1) is 9.28. The van der Waals surface area contributed by atoms with Crippen molar-refractivity contribution in [2.45, 2.75) is 25.7 Å². The number of ether oxygens (including phenoxy) is 1. The second-order valence-corrected chi connectivity index (χ2v) is 2.93. The number of carbonyl (C=O) groups excluding carboxylic acids is 1. The van der Waals surface area contributed by atoms with Gasteiger partial charge in [0.2, 0.25) is 0 Å². The number of carbonyl (C=O) groups is 1. The van der Waals surface area contributed by atoms with Crippen LogP contribution in [0.5, 0.6) is 0 Å². The third-order valence-electron chi connectivity index (χ3n) is 1.83. The molecule has 0 aromatic rings. The maximum atomic E-state index is 11.1. The summed E-state index contributed by atoms with van der Waals surface area (Å²) < 4.78 is 4.73. The van der Waals surface area contributed by atoms with E-state index in [2.05, 4.69) is 0 Å². The van der Waals surface area contributed by atoms with Gasteiger partial charge in [0.15, 0.2) is 6.23 Å². The Balaban J connectivity index is 2.25. The van der Waals surface area contributed by atoms with Crippen molar-refractivity contribution in [3.63, 3.8) is 0 Å². The van der Waals surface area contributed by atoms with Crippen molar-refractivity contribution in [2.75, 3.05) is 13.1 Å². The molecule has 0 bridgehead atoms. The molecule has 1 heterocycles. The van der Waals surface area contributed by atoms with E-state index in [0.717, 1.165) is 19.5 Å². The Bertz CT molecular complexity index is 168. The van der Waals surface area contributed by atoms with Gasteiger partial charge in [0.05, 0.1) is 0 Å². The van der Waals surface area contributed by atoms with E-state index < -0.39 is 18.4 Å². The van der Waals surface area contributed by atoms with Crippen molar-refractivity contribution in [3.8, 4) is 0 Å². The quantitative estimate of drug-likeness (QED) is 0.553. The lowest BCUT2D eigenvalue weighted by atomic mass is 10.2. The van der Waals surface area contributed by atoms with Crippen LogP contribution in [0.3, 0.4) is 0 Å². The highest BCUT2D eigenvalue weighted by Crippen LogP contribution is 2.08. The molecule has 0 aromatic heterocycles. The molecule has 1 saturated heterocycles. The normalized spacial score (nSPS) is 21.1. The zero-order valence-corrected chi connectivity index (χ0v) is 7.06. The van der Waals surface area contributed by atoms with Crippen molar-refractivity contribution in [1.82, 2.24) is 4.90 Å². The monoisotopic (exact) mass is 174 g/mol. The van der Waals surface area contributed by atoms with E-state index in [1.165, 1.54) is 6.92 Å². The van der Waals surface area contributed by atoms with Crippen molar-refractivity contribution in [3.05, 3.63) is 0 Å². The molecule has 0 saturated carbocycles. The molecule has 2 unspecified atom stereocenters. The molecule has 70 valence electrons. The summed E-state index contributed by atoms with van der Waals surface area (Å²) in [5, 5.41) is 8.92. The Labute approximate surface area is 71.1 Å². The van der Waals surface area contributed by atoms with Gasteiger partial charge < -0.3 is 14.7 Å². The summed E-state index contributed by atoms with van der Waals surface area (Å²) in [6.45, 7) is 2.94. The lowest BCUT2D eigenvalue weighted by Crippen LogP contribution is -2.47. The van der Waals surface area contributed by atoms with Crippen molar-refractivity contribution >= 4 is 6.09 Å². The first-order valence-electron chi connectivity index (χ1n) is 4.00. The van der Waals surface area contributed by atoms with E-state index in [1.807, 2.05) is 0 Å². The first-order chi connectivity index (χ1) is 5.61. The largest absolute Gasteiger partial charge is 0.428 e. The van der Waals surface area contributed by atoms with Crippen molar-refractivity contribution in [2.24, 2.45) is 5.73 Å². The molecule has 1 amide bonds. The number of rotatable bonds is 2. The standard InChI is InChI=1S/C7H14N2O3/c1-5(10)6(8)12-7(11)9-3-2-4-9/h5-6,10H,2-4,8H2,1H3. The minimum atomic E-state index is -0.918. The molecule has 1 rings (SSSR count). The van der Waals surface area contributed by atoms with Gasteiger partial charge in [-0.1, -0.05) is 0 Å². The van der Waals surface area contributed by atoms with Gasteiger partial charge in [-0.2, -0.15) is 0 Å². The van der Waals surface area contributed by atoms with Gasteiger partial charge in [0.1, 0.15) is 6.10 Å². The minimum Gasteiger partial charge on any atom is -0.428 e. The highest BCUT2D eigenvalue weighted by Gasteiger charge is 2.24. The molecule has 3 N–H and O–H groups in total. The second kappa shape index (κ2) is 3.73. The maximum absolute atomic E-state index is 11.1. The number of aliphatic hydroxyl groups excluding tert-OH is 1. The lowest BCUT2D eigenvalue weighted by molar-refractivity contribution is -0.00807. The molecule has 5 nitrogen and oxygen atoms in total. The van der Waals surface area contributed by atoms with Gasteiger partial charge in [-0.05, 0) is 13.3 Å². The summed E-state index contributed by atoms with van der Waals surface area (Å²) in [7, 11) is 0. The molecule has 2 atom stereocenters. The van der Waals surface area contributed by atoms with Gasteiger partial charge >= 0.3 is 6.09 Å². The van der Waals surface area contributed by atoms with E-state index in [-0.39, 0.29) is 0 Å². The Morgan fingerprint density at radius 3 is 2.58 bits per heavy atom. The molecule has 5 heteroatoms. The van der Waals surface area contributed by atoms with Crippen LogP contribution in [-0.4, -0.2) is 41.5 Å². The molecular weight excluding hydrogens is 160 g/mol. The fourth-order valence-corrected chi connectivity index (χ4v) is 0.788. The van der Waals surface area contributed by atoms with Crippen LogP contribution in [0, 0.1) is 0 Å². The smallest absolute Gasteiger partial charge is 0.411 e. The van der Waals surface area contributed by atoms with Crippen LogP contribution in [-0.2, 0) is 4.74 Å².